The number of nitrogens with zero attached hydrogens (tertiary/aromatic N) is 3. The number of rotatable bonds is 7. The lowest BCUT2D eigenvalue weighted by molar-refractivity contribution is 0.0959. The van der Waals surface area contributed by atoms with E-state index in [1.54, 1.807) is 25.5 Å². The lowest BCUT2D eigenvalue weighted by Gasteiger charge is -2.09. The smallest absolute Gasteiger partial charge is 0.269 e. The number of halogens is 1. The largest absolute Gasteiger partial charge is 0.354 e. The quantitative estimate of drug-likeness (QED) is 0.231. The van der Waals surface area contributed by atoms with E-state index >= 15 is 0 Å². The second-order valence-corrected chi connectivity index (χ2v) is 7.61. The van der Waals surface area contributed by atoms with Crippen LogP contribution in [0.2, 0.25) is 5.02 Å². The highest BCUT2D eigenvalue weighted by Crippen LogP contribution is 2.30. The summed E-state index contributed by atoms with van der Waals surface area (Å²) in [5, 5.41) is 10.6. The zero-order chi connectivity index (χ0) is 23.4. The molecule has 4 aromatic rings. The van der Waals surface area contributed by atoms with Crippen molar-refractivity contribution in [2.75, 3.05) is 12.4 Å². The SMILES string of the molecule is C=NN/C=C(\C)c1ccc(Nc2ccnc(-c3ccc4c(Cl)c(C(=O)NC)[nH]c4c3)n2)cc1. The number of hydrazone groups is 1. The lowest BCUT2D eigenvalue weighted by Crippen LogP contribution is -2.18. The number of carbonyl (C=O) groups excluding carboxylic acids is 1. The zero-order valence-corrected chi connectivity index (χ0v) is 18.9. The molecule has 0 aliphatic heterocycles. The molecule has 0 bridgehead atoms. The van der Waals surface area contributed by atoms with Crippen LogP contribution in [0.25, 0.3) is 27.9 Å². The van der Waals surface area contributed by atoms with Gasteiger partial charge in [-0.25, -0.2) is 9.97 Å². The maximum atomic E-state index is 12.0. The van der Waals surface area contributed by atoms with Crippen LogP contribution in [0.3, 0.4) is 0 Å². The average Bonchev–Trinajstić information content (AvgIpc) is 3.18. The highest BCUT2D eigenvalue weighted by molar-refractivity contribution is 6.38. The van der Waals surface area contributed by atoms with Crippen molar-refractivity contribution in [1.29, 1.82) is 0 Å². The number of aromatic nitrogens is 3. The molecule has 166 valence electrons. The Morgan fingerprint density at radius 2 is 1.97 bits per heavy atom. The monoisotopic (exact) mass is 459 g/mol. The van der Waals surface area contributed by atoms with Crippen LogP contribution >= 0.6 is 11.6 Å². The summed E-state index contributed by atoms with van der Waals surface area (Å²) < 4.78 is 0. The van der Waals surface area contributed by atoms with Gasteiger partial charge in [-0.05, 0) is 42.3 Å². The fourth-order valence-electron chi connectivity index (χ4n) is 3.34. The number of benzene rings is 2. The van der Waals surface area contributed by atoms with Crippen molar-refractivity contribution in [2.24, 2.45) is 5.10 Å². The molecule has 0 aliphatic rings. The highest BCUT2D eigenvalue weighted by Gasteiger charge is 2.16. The van der Waals surface area contributed by atoms with Crippen LogP contribution in [0.15, 0.2) is 66.0 Å². The summed E-state index contributed by atoms with van der Waals surface area (Å²) >= 11 is 6.35. The van der Waals surface area contributed by atoms with E-state index in [2.05, 4.69) is 42.8 Å². The van der Waals surface area contributed by atoms with Gasteiger partial charge in [0.1, 0.15) is 11.5 Å². The maximum absolute atomic E-state index is 12.0. The highest BCUT2D eigenvalue weighted by atomic mass is 35.5. The number of aromatic amines is 1. The number of hydrogen-bond acceptors (Lipinski definition) is 6. The van der Waals surface area contributed by atoms with Crippen molar-refractivity contribution in [3.05, 3.63) is 77.2 Å². The first-order chi connectivity index (χ1) is 16.0. The van der Waals surface area contributed by atoms with Gasteiger partial charge >= 0.3 is 0 Å². The molecule has 0 aliphatic carbocycles. The molecule has 33 heavy (non-hydrogen) atoms. The third-order valence-corrected chi connectivity index (χ3v) is 5.48. The van der Waals surface area contributed by atoms with Gasteiger partial charge in [0, 0.05) is 48.3 Å². The van der Waals surface area contributed by atoms with Crippen LogP contribution in [-0.4, -0.2) is 34.6 Å². The molecule has 9 heteroatoms. The number of allylic oxidation sites excluding steroid dienone is 1. The van der Waals surface area contributed by atoms with Crippen molar-refractivity contribution in [3.8, 4) is 11.4 Å². The summed E-state index contributed by atoms with van der Waals surface area (Å²) in [5.74, 6) is 0.936. The molecule has 0 fully saturated rings. The number of anilines is 2. The van der Waals surface area contributed by atoms with Crippen LogP contribution in [0.1, 0.15) is 23.0 Å². The molecular formula is C24H22ClN7O. The normalized spacial score (nSPS) is 11.3. The predicted molar refractivity (Wildman–Crippen MR) is 134 cm³/mol. The standard InChI is InChI=1S/C24H22ClN7O/c1-14(13-29-27-3)15-4-7-17(8-5-15)30-20-10-11-28-23(32-20)16-6-9-18-19(12-16)31-22(21(18)25)24(33)26-2/h4-13,29,31H,3H2,1-2H3,(H,26,33)(H,28,30,32)/b14-13+. The van der Waals surface area contributed by atoms with Crippen molar-refractivity contribution < 1.29 is 4.79 Å². The van der Waals surface area contributed by atoms with Gasteiger partial charge in [0.05, 0.1) is 5.02 Å². The summed E-state index contributed by atoms with van der Waals surface area (Å²) in [4.78, 5) is 24.1. The fraction of sp³-hybridized carbons (Fsp3) is 0.0833. The molecule has 0 radical (unpaired) electrons. The van der Waals surface area contributed by atoms with Gasteiger partial charge in [-0.15, -0.1) is 0 Å². The number of H-pyrrole nitrogens is 1. The molecule has 4 N–H and O–H groups in total. The minimum absolute atomic E-state index is 0.273. The Balaban J connectivity index is 1.57. The summed E-state index contributed by atoms with van der Waals surface area (Å²) in [6.07, 6.45) is 3.49. The van der Waals surface area contributed by atoms with Crippen LogP contribution in [0.5, 0.6) is 0 Å². The second kappa shape index (κ2) is 9.54. The topological polar surface area (TPSA) is 107 Å². The lowest BCUT2D eigenvalue weighted by atomic mass is 10.1. The molecule has 2 aromatic heterocycles. The minimum atomic E-state index is -0.273. The molecule has 8 nitrogen and oxygen atoms in total. The van der Waals surface area contributed by atoms with Crippen molar-refractivity contribution in [1.82, 2.24) is 25.7 Å². The third kappa shape index (κ3) is 4.70. The Hall–Kier alpha value is -4.17. The molecule has 2 heterocycles. The molecular weight excluding hydrogens is 438 g/mol. The molecule has 0 spiro atoms. The van der Waals surface area contributed by atoms with Crippen LogP contribution < -0.4 is 16.1 Å². The Morgan fingerprint density at radius 1 is 1.18 bits per heavy atom. The van der Waals surface area contributed by atoms with E-state index in [1.165, 1.54) is 0 Å². The van der Waals surface area contributed by atoms with Crippen LogP contribution in [0, 0.1) is 0 Å². The number of amides is 1. The van der Waals surface area contributed by atoms with Gasteiger partial charge < -0.3 is 15.6 Å². The van der Waals surface area contributed by atoms with Gasteiger partial charge in [0.2, 0.25) is 0 Å². The number of carbonyl (C=O) groups is 1. The molecule has 0 saturated heterocycles. The summed E-state index contributed by atoms with van der Waals surface area (Å²) in [5.41, 5.74) is 7.60. The maximum Gasteiger partial charge on any atom is 0.269 e. The van der Waals surface area contributed by atoms with Gasteiger partial charge in [-0.3, -0.25) is 10.2 Å². The Labute approximate surface area is 195 Å². The summed E-state index contributed by atoms with van der Waals surface area (Å²) in [6.45, 7) is 5.38. The Kier molecular flexibility index (Phi) is 6.37. The molecule has 0 saturated carbocycles. The van der Waals surface area contributed by atoms with E-state index in [1.807, 2.05) is 49.4 Å². The predicted octanol–water partition coefficient (Wildman–Crippen LogP) is 4.95. The van der Waals surface area contributed by atoms with E-state index in [9.17, 15) is 4.79 Å². The first-order valence-electron chi connectivity index (χ1n) is 10.1. The molecule has 1 amide bonds. The van der Waals surface area contributed by atoms with Crippen LogP contribution in [0.4, 0.5) is 11.5 Å². The first kappa shape index (κ1) is 22.0. The average molecular weight is 460 g/mol. The van der Waals surface area contributed by atoms with Gasteiger partial charge in [0.15, 0.2) is 5.82 Å². The van der Waals surface area contributed by atoms with Crippen LogP contribution in [-0.2, 0) is 0 Å². The van der Waals surface area contributed by atoms with E-state index in [0.717, 1.165) is 33.3 Å². The van der Waals surface area contributed by atoms with E-state index < -0.39 is 0 Å². The van der Waals surface area contributed by atoms with Crippen molar-refractivity contribution in [2.45, 2.75) is 6.92 Å². The fourth-order valence-corrected chi connectivity index (χ4v) is 3.64. The number of fused-ring (bicyclic) bond motifs is 1. The molecule has 2 aromatic carbocycles. The van der Waals surface area contributed by atoms with Gasteiger partial charge in [0.25, 0.3) is 5.91 Å². The summed E-state index contributed by atoms with van der Waals surface area (Å²) in [6, 6.07) is 15.4. The van der Waals surface area contributed by atoms with E-state index in [-0.39, 0.29) is 5.91 Å². The first-order valence-corrected chi connectivity index (χ1v) is 10.5. The minimum Gasteiger partial charge on any atom is -0.354 e. The number of hydrogen-bond donors (Lipinski definition) is 4. The van der Waals surface area contributed by atoms with Crippen molar-refractivity contribution >= 4 is 52.2 Å². The van der Waals surface area contributed by atoms with E-state index in [4.69, 9.17) is 11.6 Å². The molecule has 0 unspecified atom stereocenters. The van der Waals surface area contributed by atoms with Crippen molar-refractivity contribution in [3.63, 3.8) is 0 Å². The molecule has 0 atom stereocenters. The summed E-state index contributed by atoms with van der Waals surface area (Å²) in [7, 11) is 1.56. The van der Waals surface area contributed by atoms with E-state index in [0.29, 0.717) is 22.4 Å². The number of nitrogens with one attached hydrogen (secondary N) is 4. The Morgan fingerprint density at radius 3 is 2.70 bits per heavy atom. The third-order valence-electron chi connectivity index (χ3n) is 5.09. The Bertz CT molecular complexity index is 1360. The van der Waals surface area contributed by atoms with Gasteiger partial charge in [-0.2, -0.15) is 5.10 Å². The van der Waals surface area contributed by atoms with Gasteiger partial charge in [-0.1, -0.05) is 35.9 Å². The zero-order valence-electron chi connectivity index (χ0n) is 18.1. The second-order valence-electron chi connectivity index (χ2n) is 7.24. The molecule has 4 rings (SSSR count).